The minimum atomic E-state index is 0.0634. The molecule has 0 N–H and O–H groups in total. The van der Waals surface area contributed by atoms with Gasteiger partial charge >= 0.3 is 0 Å². The molecule has 0 unspecified atom stereocenters. The summed E-state index contributed by atoms with van der Waals surface area (Å²) in [6.07, 6.45) is 5.28. The Morgan fingerprint density at radius 1 is 1.15 bits per heavy atom. The van der Waals surface area contributed by atoms with E-state index in [0.29, 0.717) is 5.92 Å². The molecular formula is C21H25N5O. The van der Waals surface area contributed by atoms with Crippen molar-refractivity contribution in [1.29, 1.82) is 0 Å². The zero-order chi connectivity index (χ0) is 18.4. The molecule has 1 fully saturated rings. The predicted molar refractivity (Wildman–Crippen MR) is 106 cm³/mol. The summed E-state index contributed by atoms with van der Waals surface area (Å²) in [5, 5.41) is 4.64. The van der Waals surface area contributed by atoms with Crippen LogP contribution in [0.4, 0.5) is 5.95 Å². The van der Waals surface area contributed by atoms with E-state index in [4.69, 9.17) is 4.98 Å². The van der Waals surface area contributed by atoms with E-state index in [0.717, 1.165) is 74.5 Å². The first kappa shape index (κ1) is 16.5. The van der Waals surface area contributed by atoms with Crippen LogP contribution in [0.15, 0.2) is 35.1 Å². The van der Waals surface area contributed by atoms with Gasteiger partial charge in [0.25, 0.3) is 5.56 Å². The van der Waals surface area contributed by atoms with Crippen LogP contribution in [0.3, 0.4) is 0 Å². The molecule has 3 heterocycles. The first-order chi connectivity index (χ1) is 13.2. The number of nitrogens with zero attached hydrogens (tertiary/aromatic N) is 5. The van der Waals surface area contributed by atoms with Crippen LogP contribution in [0.5, 0.6) is 0 Å². The first-order valence-electron chi connectivity index (χ1n) is 9.95. The highest BCUT2D eigenvalue weighted by atomic mass is 16.1. The monoisotopic (exact) mass is 363 g/mol. The maximum absolute atomic E-state index is 12.4. The number of benzene rings is 1. The number of hydrogen-bond donors (Lipinski definition) is 0. The second-order valence-electron chi connectivity index (χ2n) is 7.88. The summed E-state index contributed by atoms with van der Waals surface area (Å²) in [7, 11) is 2.09. The zero-order valence-electron chi connectivity index (χ0n) is 15.8. The van der Waals surface area contributed by atoms with Gasteiger partial charge in [-0.1, -0.05) is 12.1 Å². The summed E-state index contributed by atoms with van der Waals surface area (Å²) in [5.74, 6) is 1.54. The molecule has 6 nitrogen and oxygen atoms in total. The Labute approximate surface area is 158 Å². The topological polar surface area (TPSA) is 56.0 Å². The largest absolute Gasteiger partial charge is 0.342 e. The average Bonchev–Trinajstić information content (AvgIpc) is 3.27. The molecule has 6 heteroatoms. The zero-order valence-corrected chi connectivity index (χ0v) is 15.8. The molecule has 0 amide bonds. The van der Waals surface area contributed by atoms with Crippen LogP contribution in [0, 0.1) is 5.92 Å². The maximum Gasteiger partial charge on any atom is 0.267 e. The lowest BCUT2D eigenvalue weighted by molar-refractivity contribution is 0.331. The summed E-state index contributed by atoms with van der Waals surface area (Å²) in [6, 6.07) is 10.1. The molecule has 1 aromatic carbocycles. The van der Waals surface area contributed by atoms with Crippen molar-refractivity contribution >= 4 is 17.0 Å². The van der Waals surface area contributed by atoms with Gasteiger partial charge in [-0.15, -0.1) is 0 Å². The highest BCUT2D eigenvalue weighted by Crippen LogP contribution is 2.26. The van der Waals surface area contributed by atoms with Gasteiger partial charge in [0, 0.05) is 32.7 Å². The minimum absolute atomic E-state index is 0.0634. The highest BCUT2D eigenvalue weighted by molar-refractivity contribution is 5.78. The van der Waals surface area contributed by atoms with Gasteiger partial charge in [-0.2, -0.15) is 5.10 Å². The van der Waals surface area contributed by atoms with E-state index in [1.54, 1.807) is 4.68 Å². The van der Waals surface area contributed by atoms with Gasteiger partial charge in [-0.3, -0.25) is 4.79 Å². The van der Waals surface area contributed by atoms with Gasteiger partial charge < -0.3 is 9.47 Å². The average molecular weight is 363 g/mol. The Kier molecular flexibility index (Phi) is 3.99. The maximum atomic E-state index is 12.4. The van der Waals surface area contributed by atoms with E-state index in [1.807, 2.05) is 12.1 Å². The molecule has 140 valence electrons. The number of piperidine rings is 1. The van der Waals surface area contributed by atoms with E-state index >= 15 is 0 Å². The summed E-state index contributed by atoms with van der Waals surface area (Å²) in [6.45, 7) is 2.69. The second kappa shape index (κ2) is 6.51. The van der Waals surface area contributed by atoms with Crippen LogP contribution in [0.25, 0.3) is 11.0 Å². The normalized spacial score (nSPS) is 17.6. The Morgan fingerprint density at radius 3 is 2.78 bits per heavy atom. The molecule has 5 rings (SSSR count). The van der Waals surface area contributed by atoms with Crippen LogP contribution in [-0.2, 0) is 26.4 Å². The molecule has 27 heavy (non-hydrogen) atoms. The van der Waals surface area contributed by atoms with Crippen molar-refractivity contribution in [3.8, 4) is 0 Å². The van der Waals surface area contributed by atoms with Crippen LogP contribution >= 0.6 is 0 Å². The number of rotatable bonds is 3. The molecule has 0 saturated carbocycles. The van der Waals surface area contributed by atoms with Gasteiger partial charge in [-0.05, 0) is 55.7 Å². The number of fused-ring (bicyclic) bond motifs is 2. The molecule has 0 spiro atoms. The van der Waals surface area contributed by atoms with Gasteiger partial charge in [0.2, 0.25) is 5.95 Å². The molecule has 1 saturated heterocycles. The van der Waals surface area contributed by atoms with Crippen molar-refractivity contribution in [3.05, 3.63) is 51.9 Å². The fourth-order valence-electron chi connectivity index (χ4n) is 4.55. The molecule has 1 aliphatic heterocycles. The van der Waals surface area contributed by atoms with Crippen molar-refractivity contribution < 1.29 is 0 Å². The number of anilines is 1. The lowest BCUT2D eigenvalue weighted by atomic mass is 9.97. The Morgan fingerprint density at radius 2 is 1.96 bits per heavy atom. The van der Waals surface area contributed by atoms with Crippen LogP contribution < -0.4 is 10.5 Å². The van der Waals surface area contributed by atoms with Crippen molar-refractivity contribution in [2.45, 2.75) is 38.6 Å². The van der Waals surface area contributed by atoms with E-state index in [2.05, 4.69) is 39.8 Å². The number of para-hydroxylation sites is 2. The van der Waals surface area contributed by atoms with Gasteiger partial charge in [0.1, 0.15) is 0 Å². The Hall–Kier alpha value is -2.63. The van der Waals surface area contributed by atoms with Crippen LogP contribution in [0.1, 0.15) is 30.5 Å². The first-order valence-corrected chi connectivity index (χ1v) is 9.95. The number of aryl methyl sites for hydroxylation is 3. The fraction of sp³-hybridized carbons (Fsp3) is 0.476. The third-order valence-electron chi connectivity index (χ3n) is 6.12. The number of imidazole rings is 1. The van der Waals surface area contributed by atoms with E-state index < -0.39 is 0 Å². The standard InChI is InChI=1S/C21H25N5O/c1-24-19-8-3-2-6-18(19)22-21(24)25-11-9-15(10-12-25)14-26-20(27)13-16-5-4-7-17(16)23-26/h2-3,6,8,13,15H,4-5,7,9-12,14H2,1H3. The second-order valence-corrected chi connectivity index (χ2v) is 7.88. The fourth-order valence-corrected chi connectivity index (χ4v) is 4.55. The van der Waals surface area contributed by atoms with E-state index in [-0.39, 0.29) is 5.56 Å². The smallest absolute Gasteiger partial charge is 0.267 e. The van der Waals surface area contributed by atoms with E-state index in [1.165, 1.54) is 5.52 Å². The lowest BCUT2D eigenvalue weighted by Crippen LogP contribution is -2.38. The van der Waals surface area contributed by atoms with Crippen molar-refractivity contribution in [2.75, 3.05) is 18.0 Å². The molecule has 0 atom stereocenters. The SMILES string of the molecule is Cn1c(N2CCC(Cn3nc4c(cc3=O)CCC4)CC2)nc2ccccc21. The summed E-state index contributed by atoms with van der Waals surface area (Å²) < 4.78 is 3.89. The third kappa shape index (κ3) is 2.93. The van der Waals surface area contributed by atoms with Crippen molar-refractivity contribution in [2.24, 2.45) is 13.0 Å². The van der Waals surface area contributed by atoms with Gasteiger partial charge in [-0.25, -0.2) is 9.67 Å². The molecule has 1 aliphatic carbocycles. The van der Waals surface area contributed by atoms with Gasteiger partial charge in [0.15, 0.2) is 0 Å². The van der Waals surface area contributed by atoms with Crippen LogP contribution in [0.2, 0.25) is 0 Å². The summed E-state index contributed by atoms with van der Waals surface area (Å²) in [4.78, 5) is 19.5. The van der Waals surface area contributed by atoms with E-state index in [9.17, 15) is 4.79 Å². The quantitative estimate of drug-likeness (QED) is 0.718. The molecule has 2 aromatic heterocycles. The summed E-state index contributed by atoms with van der Waals surface area (Å²) in [5.41, 5.74) is 4.57. The molecule has 2 aliphatic rings. The Balaban J connectivity index is 1.29. The van der Waals surface area contributed by atoms with Gasteiger partial charge in [0.05, 0.1) is 16.7 Å². The minimum Gasteiger partial charge on any atom is -0.342 e. The lowest BCUT2D eigenvalue weighted by Gasteiger charge is -2.32. The molecule has 0 radical (unpaired) electrons. The predicted octanol–water partition coefficient (Wildman–Crippen LogP) is 2.54. The van der Waals surface area contributed by atoms with Crippen LogP contribution in [-0.4, -0.2) is 32.4 Å². The molecule has 3 aromatic rings. The number of aromatic nitrogens is 4. The van der Waals surface area contributed by atoms with Crippen molar-refractivity contribution in [1.82, 2.24) is 19.3 Å². The molecule has 0 bridgehead atoms. The van der Waals surface area contributed by atoms with Crippen molar-refractivity contribution in [3.63, 3.8) is 0 Å². The highest BCUT2D eigenvalue weighted by Gasteiger charge is 2.24. The Bertz CT molecular complexity index is 1040. The molecular weight excluding hydrogens is 338 g/mol. The number of hydrogen-bond acceptors (Lipinski definition) is 4. The third-order valence-corrected chi connectivity index (χ3v) is 6.12. The summed E-state index contributed by atoms with van der Waals surface area (Å²) >= 11 is 0.